The van der Waals surface area contributed by atoms with Gasteiger partial charge in [0.05, 0.1) is 27.9 Å². The molecule has 12 rings (SSSR count). The van der Waals surface area contributed by atoms with E-state index in [0.717, 1.165) is 53.1 Å². The fraction of sp³-hybridized carbons (Fsp3) is 0.0943. The topological polar surface area (TPSA) is 492 Å². The van der Waals surface area contributed by atoms with Crippen molar-refractivity contribution in [1.82, 2.24) is 54.4 Å². The molecule has 0 saturated heterocycles. The molecule has 0 atom stereocenters. The predicted octanol–water partition coefficient (Wildman–Crippen LogP) is 7.09. The number of aryl methyl sites for hydroxylation is 1. The number of H-pyrrole nitrogens is 2. The molecule has 32 nitrogen and oxygen atoms in total. The van der Waals surface area contributed by atoms with E-state index in [1.807, 2.05) is 6.07 Å². The van der Waals surface area contributed by atoms with E-state index in [1.54, 1.807) is 11.9 Å². The quantitative estimate of drug-likeness (QED) is 0.0306. The van der Waals surface area contributed by atoms with Crippen molar-refractivity contribution in [3.8, 4) is 57.5 Å². The summed E-state index contributed by atoms with van der Waals surface area (Å²) < 4.78 is 179. The lowest BCUT2D eigenvalue weighted by molar-refractivity contribution is 0.403. The van der Waals surface area contributed by atoms with Crippen LogP contribution in [0.25, 0.3) is 89.7 Å². The number of nitrogens with zero attached hydrogens (tertiary/aromatic N) is 13. The molecule has 5 aromatic carbocycles. The Kier molecular flexibility index (Phi) is 14.9. The van der Waals surface area contributed by atoms with Crippen molar-refractivity contribution in [2.24, 2.45) is 10.2 Å². The van der Waals surface area contributed by atoms with Gasteiger partial charge in [-0.1, -0.05) is 48.5 Å². The highest BCUT2D eigenvalue weighted by molar-refractivity contribution is 7.93. The number of benzene rings is 5. The molecule has 8 N–H and O–H groups in total. The highest BCUT2D eigenvalue weighted by Crippen LogP contribution is 2.43. The summed E-state index contributed by atoms with van der Waals surface area (Å²) in [5, 5.41) is 28.1. The van der Waals surface area contributed by atoms with Gasteiger partial charge in [0.25, 0.3) is 56.1 Å². The Labute approximate surface area is 516 Å². The van der Waals surface area contributed by atoms with Crippen LogP contribution >= 0.6 is 11.6 Å². The van der Waals surface area contributed by atoms with E-state index in [9.17, 15) is 67.0 Å². The number of nitriles is 1. The van der Waals surface area contributed by atoms with E-state index in [-0.39, 0.29) is 114 Å². The summed E-state index contributed by atoms with van der Waals surface area (Å²) in [6.45, 7) is 1.42. The van der Waals surface area contributed by atoms with Crippen LogP contribution in [-0.4, -0.2) is 133 Å². The van der Waals surface area contributed by atoms with Crippen molar-refractivity contribution in [2.75, 3.05) is 23.2 Å². The highest BCUT2D eigenvalue weighted by atomic mass is 35.5. The number of pyridine rings is 1. The number of rotatable bonds is 14. The monoisotopic (exact) mass is 1350 g/mol. The molecule has 8 bridgehead atoms. The number of hydrogen-bond donors (Lipinski definition) is 8. The Morgan fingerprint density at radius 2 is 1.13 bits per heavy atom. The normalized spacial score (nSPS) is 12.7. The largest absolute Gasteiger partial charge is 0.493 e. The number of hydrogen-bond acceptors (Lipinski definition) is 24. The van der Waals surface area contributed by atoms with Gasteiger partial charge in [-0.25, -0.2) is 43.3 Å². The van der Waals surface area contributed by atoms with E-state index in [4.69, 9.17) is 16.6 Å². The molecule has 2 aliphatic heterocycles. The maximum absolute atomic E-state index is 15.0. The lowest BCUT2D eigenvalue weighted by Gasteiger charge is -2.19. The van der Waals surface area contributed by atoms with E-state index >= 15 is 8.42 Å². The number of aromatic nitrogens is 11. The minimum absolute atomic E-state index is 0.0560. The highest BCUT2D eigenvalue weighted by Gasteiger charge is 2.32. The number of azo groups is 1. The third-order valence-electron chi connectivity index (χ3n) is 14.2. The zero-order valence-corrected chi connectivity index (χ0v) is 50.7. The second-order valence-corrected chi connectivity index (χ2v) is 27.5. The molecule has 0 spiro atoms. The summed E-state index contributed by atoms with van der Waals surface area (Å²) in [4.78, 5) is 52.3. The van der Waals surface area contributed by atoms with Crippen LogP contribution in [0.15, 0.2) is 143 Å². The number of anilines is 2. The van der Waals surface area contributed by atoms with Crippen LogP contribution in [0.1, 0.15) is 17.5 Å². The molecule has 0 radical (unpaired) electrons. The van der Waals surface area contributed by atoms with Crippen LogP contribution in [0.2, 0.25) is 5.28 Å². The molecule has 38 heteroatoms. The van der Waals surface area contributed by atoms with Crippen molar-refractivity contribution < 1.29 is 65.4 Å². The van der Waals surface area contributed by atoms with Gasteiger partial charge in [0.15, 0.2) is 29.1 Å². The molecule has 0 unspecified atom stereocenters. The third kappa shape index (κ3) is 11.2. The van der Waals surface area contributed by atoms with Crippen LogP contribution in [0, 0.1) is 18.3 Å². The minimum Gasteiger partial charge on any atom is -0.493 e. The summed E-state index contributed by atoms with van der Waals surface area (Å²) in [6.07, 6.45) is 1.41. The number of fused-ring (bicyclic) bond motifs is 20. The Morgan fingerprint density at radius 1 is 0.626 bits per heavy atom. The number of aromatic amines is 2. The van der Waals surface area contributed by atoms with E-state index in [2.05, 4.69) is 59.8 Å². The van der Waals surface area contributed by atoms with E-state index in [0.29, 0.717) is 0 Å². The van der Waals surface area contributed by atoms with Gasteiger partial charge in [0.1, 0.15) is 65.2 Å². The van der Waals surface area contributed by atoms with Crippen molar-refractivity contribution in [2.45, 2.75) is 44.4 Å². The minimum atomic E-state index is -5.17. The molecule has 0 amide bonds. The average Bonchev–Trinajstić information content (AvgIpc) is 1.60. The number of halogens is 1. The van der Waals surface area contributed by atoms with Gasteiger partial charge in [-0.15, -0.1) is 10.2 Å². The molecular formula is C53H37ClN16O16S5. The van der Waals surface area contributed by atoms with Crippen molar-refractivity contribution in [3.05, 3.63) is 130 Å². The molecule has 462 valence electrons. The van der Waals surface area contributed by atoms with Crippen molar-refractivity contribution >= 4 is 129 Å². The first-order valence-electron chi connectivity index (χ1n) is 25.8. The van der Waals surface area contributed by atoms with Gasteiger partial charge in [0, 0.05) is 58.9 Å². The number of aromatic hydroxyl groups is 1. The molecule has 0 saturated carbocycles. The van der Waals surface area contributed by atoms with Crippen molar-refractivity contribution in [3.63, 3.8) is 0 Å². The lowest BCUT2D eigenvalue weighted by atomic mass is 10.1. The van der Waals surface area contributed by atoms with Crippen LogP contribution in [0.5, 0.6) is 5.88 Å². The Bertz CT molecular complexity index is 5780. The zero-order chi connectivity index (χ0) is 65.0. The van der Waals surface area contributed by atoms with Crippen LogP contribution in [-0.2, 0) is 57.0 Å². The fourth-order valence-electron chi connectivity index (χ4n) is 10.3. The maximum Gasteiger partial charge on any atom is 0.296 e. The van der Waals surface area contributed by atoms with Gasteiger partial charge in [-0.3, -0.25) is 32.3 Å². The standard InChI is InChI=1S/C53H37ClN16O16S5/c1-24-20-37(71)70(19-7-18-69(2)51-25(22-55)23-56-53(54)65-51)52(72)42(24)67-66-31-21-26(16-17-32(31)88(75,76)77)68-87(73,74)33-12-3-8-27-38(33)47-57-43(27)59-48-40-29(10-5-14-35(40)90(81,82)83)45(61-48)63-50-41-30(11-6-15-36(41)91(84,85)86)46(64-50)62-49-39-28(44(58-47)60-49)9-4-13-34(39)89(78,79)80/h3-6,8-17,20-21,23,68,72H,7,18-19H2,1-2H3,(H,75,76,77)(H,78,79,80)(H,81,82,83)(H,84,85,86)(H2,57,58,59,60,61,62,63,64). The first-order valence-corrected chi connectivity index (χ1v) is 33.4. The van der Waals surface area contributed by atoms with E-state index < -0.39 is 121 Å². The summed E-state index contributed by atoms with van der Waals surface area (Å²) in [6, 6.07) is 20.2. The second-order valence-electron chi connectivity index (χ2n) is 20.0. The second kappa shape index (κ2) is 22.1. The molecule has 10 aromatic rings. The Hall–Kier alpha value is -10.1. The SMILES string of the molecule is Cc1cc(=O)n(CCCN(C)c2nc(Cl)ncc2C#N)c(O)c1N=Nc1cc(NS(=O)(=O)c2cccc3c4nc5nc(nc6[nH]c(nc7nc(nc([nH]4)c23)-c2cccc(S(=O)(=O)O)c2-7)c2cccc(S(=O)(=O)O)c62)-c2cccc(S(=O)(=O)O)c2-5)ccc1S(=O)(=O)O. The van der Waals surface area contributed by atoms with Gasteiger partial charge in [-0.05, 0) is 73.0 Å². The maximum atomic E-state index is 15.0. The van der Waals surface area contributed by atoms with Gasteiger partial charge < -0.3 is 20.0 Å². The summed E-state index contributed by atoms with van der Waals surface area (Å²) in [5.74, 6) is -2.26. The molecule has 91 heavy (non-hydrogen) atoms. The van der Waals surface area contributed by atoms with Crippen LogP contribution < -0.4 is 15.2 Å². The van der Waals surface area contributed by atoms with Crippen LogP contribution in [0.4, 0.5) is 22.9 Å². The number of sulfonamides is 1. The molecule has 5 aromatic heterocycles. The summed E-state index contributed by atoms with van der Waals surface area (Å²) in [7, 11) is -23.9. The summed E-state index contributed by atoms with van der Waals surface area (Å²) >= 11 is 5.95. The molecule has 2 aliphatic rings. The molecule has 7 heterocycles. The molecule has 0 fully saturated rings. The van der Waals surface area contributed by atoms with E-state index in [1.165, 1.54) is 61.7 Å². The summed E-state index contributed by atoms with van der Waals surface area (Å²) in [5.41, 5.74) is -4.27. The zero-order valence-electron chi connectivity index (χ0n) is 45.9. The number of nitrogens with one attached hydrogen (secondary N) is 3. The lowest BCUT2D eigenvalue weighted by Crippen LogP contribution is -2.25. The van der Waals surface area contributed by atoms with Crippen molar-refractivity contribution in [1.29, 1.82) is 5.26 Å². The Morgan fingerprint density at radius 3 is 1.67 bits per heavy atom. The smallest absolute Gasteiger partial charge is 0.296 e. The van der Waals surface area contributed by atoms with Gasteiger partial charge in [-0.2, -0.15) is 43.9 Å². The first kappa shape index (κ1) is 61.1. The predicted molar refractivity (Wildman–Crippen MR) is 323 cm³/mol. The van der Waals surface area contributed by atoms with Crippen LogP contribution in [0.3, 0.4) is 0 Å². The fourth-order valence-corrected chi connectivity index (χ4v) is 14.4. The molecular weight excluding hydrogens is 1310 g/mol. The Balaban J connectivity index is 1.03. The average molecular weight is 1350 g/mol. The third-order valence-corrected chi connectivity index (χ3v) is 19.4. The first-order chi connectivity index (χ1) is 42.9. The van der Waals surface area contributed by atoms with Gasteiger partial charge in [0.2, 0.25) is 11.2 Å². The molecule has 0 aliphatic carbocycles. The van der Waals surface area contributed by atoms with Gasteiger partial charge >= 0.3 is 0 Å².